The maximum atomic E-state index is 11.6. The number of alkyl carbamates (subject to hydrolysis) is 1. The van der Waals surface area contributed by atoms with E-state index in [4.69, 9.17) is 9.47 Å². The van der Waals surface area contributed by atoms with Crippen molar-refractivity contribution in [2.45, 2.75) is 57.7 Å². The second-order valence-electron chi connectivity index (χ2n) is 6.81. The van der Waals surface area contributed by atoms with Crippen LogP contribution in [0, 0.1) is 5.41 Å². The lowest BCUT2D eigenvalue weighted by Crippen LogP contribution is -2.56. The maximum absolute atomic E-state index is 11.6. The Morgan fingerprint density at radius 3 is 2.37 bits per heavy atom. The van der Waals surface area contributed by atoms with Gasteiger partial charge in [-0.3, -0.25) is 0 Å². The number of carbonyl (C=O) groups is 2. The van der Waals surface area contributed by atoms with Gasteiger partial charge in [0.1, 0.15) is 11.9 Å². The van der Waals surface area contributed by atoms with Crippen molar-refractivity contribution in [1.29, 1.82) is 0 Å². The summed E-state index contributed by atoms with van der Waals surface area (Å²) >= 11 is 0. The fourth-order valence-corrected chi connectivity index (χ4v) is 2.72. The van der Waals surface area contributed by atoms with E-state index < -0.39 is 11.7 Å². The summed E-state index contributed by atoms with van der Waals surface area (Å²) in [5.41, 5.74) is -1.07. The summed E-state index contributed by atoms with van der Waals surface area (Å²) in [4.78, 5) is 22.7. The SMILES string of the molecule is CC(C)(C)OC(=O)NCC12CCC(C=O)(CC1)CO2. The van der Waals surface area contributed by atoms with E-state index in [2.05, 4.69) is 5.32 Å². The first-order valence-electron chi connectivity index (χ1n) is 6.85. The third kappa shape index (κ3) is 3.26. The van der Waals surface area contributed by atoms with Gasteiger partial charge >= 0.3 is 6.09 Å². The molecule has 0 aromatic carbocycles. The van der Waals surface area contributed by atoms with E-state index in [0.717, 1.165) is 32.0 Å². The van der Waals surface area contributed by atoms with Gasteiger partial charge in [-0.25, -0.2) is 4.79 Å². The zero-order chi connectivity index (χ0) is 14.1. The maximum Gasteiger partial charge on any atom is 0.407 e. The smallest absolute Gasteiger partial charge is 0.407 e. The third-order valence-electron chi connectivity index (χ3n) is 4.03. The van der Waals surface area contributed by atoms with E-state index in [9.17, 15) is 9.59 Å². The van der Waals surface area contributed by atoms with Gasteiger partial charge in [0.05, 0.1) is 12.2 Å². The van der Waals surface area contributed by atoms with Gasteiger partial charge in [-0.1, -0.05) is 0 Å². The van der Waals surface area contributed by atoms with Gasteiger partial charge in [0, 0.05) is 12.0 Å². The van der Waals surface area contributed by atoms with Crippen LogP contribution in [0.5, 0.6) is 0 Å². The number of fused-ring (bicyclic) bond motifs is 3. The molecule has 0 spiro atoms. The molecule has 1 aliphatic carbocycles. The van der Waals surface area contributed by atoms with Gasteiger partial charge in [0.25, 0.3) is 0 Å². The summed E-state index contributed by atoms with van der Waals surface area (Å²) in [6.45, 7) is 6.44. The Balaban J connectivity index is 1.84. The molecule has 3 rings (SSSR count). The zero-order valence-electron chi connectivity index (χ0n) is 12.0. The van der Waals surface area contributed by atoms with Crippen LogP contribution >= 0.6 is 0 Å². The fraction of sp³-hybridized carbons (Fsp3) is 0.857. The van der Waals surface area contributed by atoms with Crippen molar-refractivity contribution in [3.63, 3.8) is 0 Å². The number of aldehydes is 1. The molecule has 19 heavy (non-hydrogen) atoms. The van der Waals surface area contributed by atoms with Crippen LogP contribution in [0.25, 0.3) is 0 Å². The minimum Gasteiger partial charge on any atom is -0.444 e. The first-order chi connectivity index (χ1) is 8.78. The van der Waals surface area contributed by atoms with Gasteiger partial charge in [-0.05, 0) is 46.5 Å². The minimum absolute atomic E-state index is 0.270. The normalized spacial score (nSPS) is 33.8. The molecule has 1 amide bonds. The predicted molar refractivity (Wildman–Crippen MR) is 69.9 cm³/mol. The Kier molecular flexibility index (Phi) is 3.60. The van der Waals surface area contributed by atoms with E-state index >= 15 is 0 Å². The van der Waals surface area contributed by atoms with Gasteiger partial charge in [-0.2, -0.15) is 0 Å². The Morgan fingerprint density at radius 2 is 1.95 bits per heavy atom. The molecule has 1 N–H and O–H groups in total. The van der Waals surface area contributed by atoms with Gasteiger partial charge < -0.3 is 19.6 Å². The number of hydrogen-bond donors (Lipinski definition) is 1. The van der Waals surface area contributed by atoms with Crippen molar-refractivity contribution in [1.82, 2.24) is 5.32 Å². The highest BCUT2D eigenvalue weighted by molar-refractivity contribution is 5.67. The molecule has 3 fully saturated rings. The summed E-state index contributed by atoms with van der Waals surface area (Å²) in [6.07, 6.45) is 3.97. The summed E-state index contributed by atoms with van der Waals surface area (Å²) in [5.74, 6) is 0. The molecule has 2 saturated heterocycles. The molecule has 3 aliphatic rings. The lowest BCUT2D eigenvalue weighted by Gasteiger charge is -2.50. The van der Waals surface area contributed by atoms with Crippen molar-refractivity contribution in [3.05, 3.63) is 0 Å². The van der Waals surface area contributed by atoms with Crippen molar-refractivity contribution >= 4 is 12.4 Å². The van der Waals surface area contributed by atoms with Crippen LogP contribution in [0.2, 0.25) is 0 Å². The van der Waals surface area contributed by atoms with E-state index in [1.807, 2.05) is 20.8 Å². The zero-order valence-corrected chi connectivity index (χ0v) is 12.0. The molecular formula is C14H23NO4. The number of hydrogen-bond acceptors (Lipinski definition) is 4. The minimum atomic E-state index is -0.492. The molecule has 2 heterocycles. The molecule has 0 atom stereocenters. The van der Waals surface area contributed by atoms with Crippen LogP contribution in [0.4, 0.5) is 4.79 Å². The molecule has 5 nitrogen and oxygen atoms in total. The third-order valence-corrected chi connectivity index (χ3v) is 4.03. The molecular weight excluding hydrogens is 246 g/mol. The van der Waals surface area contributed by atoms with E-state index in [1.54, 1.807) is 0 Å². The van der Waals surface area contributed by atoms with E-state index in [1.165, 1.54) is 0 Å². The Hall–Kier alpha value is -1.10. The highest BCUT2D eigenvalue weighted by atomic mass is 16.6. The van der Waals surface area contributed by atoms with E-state index in [-0.39, 0.29) is 11.0 Å². The largest absolute Gasteiger partial charge is 0.444 e. The Bertz CT molecular complexity index is 348. The average molecular weight is 269 g/mol. The number of ether oxygens (including phenoxy) is 2. The molecule has 0 unspecified atom stereocenters. The molecule has 0 radical (unpaired) electrons. The Labute approximate surface area is 114 Å². The molecule has 2 bridgehead atoms. The average Bonchev–Trinajstić information content (AvgIpc) is 2.37. The van der Waals surface area contributed by atoms with Crippen LogP contribution in [0.15, 0.2) is 0 Å². The lowest BCUT2D eigenvalue weighted by molar-refractivity contribution is -0.179. The number of rotatable bonds is 3. The molecule has 2 aliphatic heterocycles. The van der Waals surface area contributed by atoms with Crippen LogP contribution in [0.3, 0.4) is 0 Å². The Morgan fingerprint density at radius 1 is 1.32 bits per heavy atom. The van der Waals surface area contributed by atoms with Crippen molar-refractivity contribution < 1.29 is 19.1 Å². The molecule has 0 aromatic rings. The summed E-state index contributed by atoms with van der Waals surface area (Å²) in [7, 11) is 0. The van der Waals surface area contributed by atoms with Gasteiger partial charge in [0.2, 0.25) is 0 Å². The summed E-state index contributed by atoms with van der Waals surface area (Å²) in [5, 5.41) is 2.78. The van der Waals surface area contributed by atoms with Crippen molar-refractivity contribution in [2.75, 3.05) is 13.2 Å². The fourth-order valence-electron chi connectivity index (χ4n) is 2.72. The monoisotopic (exact) mass is 269 g/mol. The number of amides is 1. The quantitative estimate of drug-likeness (QED) is 0.796. The highest BCUT2D eigenvalue weighted by Gasteiger charge is 2.49. The van der Waals surface area contributed by atoms with Crippen molar-refractivity contribution in [3.8, 4) is 0 Å². The second kappa shape index (κ2) is 4.78. The lowest BCUT2D eigenvalue weighted by atomic mass is 9.67. The molecule has 5 heteroatoms. The standard InChI is InChI=1S/C14H23NO4/c1-12(2,3)19-11(17)15-8-14-6-4-13(9-16,5-7-14)10-18-14/h9H,4-8,10H2,1-3H3,(H,15,17). The van der Waals surface area contributed by atoms with E-state index in [0.29, 0.717) is 13.2 Å². The van der Waals surface area contributed by atoms with Crippen LogP contribution in [-0.4, -0.2) is 36.7 Å². The predicted octanol–water partition coefficient (Wildman–Crippen LogP) is 2.04. The van der Waals surface area contributed by atoms with Crippen molar-refractivity contribution in [2.24, 2.45) is 5.41 Å². The van der Waals surface area contributed by atoms with Crippen LogP contribution < -0.4 is 5.32 Å². The second-order valence-corrected chi connectivity index (χ2v) is 6.81. The topological polar surface area (TPSA) is 64.6 Å². The summed E-state index contributed by atoms with van der Waals surface area (Å²) in [6, 6.07) is 0. The molecule has 0 aromatic heterocycles. The molecule has 108 valence electrons. The molecule has 1 saturated carbocycles. The van der Waals surface area contributed by atoms with Gasteiger partial charge in [0.15, 0.2) is 0 Å². The van der Waals surface area contributed by atoms with Gasteiger partial charge in [-0.15, -0.1) is 0 Å². The number of nitrogens with one attached hydrogen (secondary N) is 1. The first-order valence-corrected chi connectivity index (χ1v) is 6.85. The highest BCUT2D eigenvalue weighted by Crippen LogP contribution is 2.47. The van der Waals surface area contributed by atoms with Crippen LogP contribution in [0.1, 0.15) is 46.5 Å². The summed E-state index contributed by atoms with van der Waals surface area (Å²) < 4.78 is 11.0. The number of carbonyl (C=O) groups excluding carboxylic acids is 2. The van der Waals surface area contributed by atoms with Crippen LogP contribution in [-0.2, 0) is 14.3 Å². The first kappa shape index (κ1) is 14.3.